The molecule has 0 fully saturated rings. The van der Waals surface area contributed by atoms with Crippen molar-refractivity contribution in [1.29, 1.82) is 0 Å². The standard InChI is InChI=1S/C16H20N2S/c1-11(17)13-5-3-4-6-15(13)18-9-7-16-14(12(18)2)8-10-19-16/h3-6,8,10-12H,7,9,17H2,1-2H3. The Labute approximate surface area is 118 Å². The fraction of sp³-hybridized carbons (Fsp3) is 0.375. The Morgan fingerprint density at radius 1 is 1.32 bits per heavy atom. The van der Waals surface area contributed by atoms with Gasteiger partial charge in [-0.25, -0.2) is 0 Å². The quantitative estimate of drug-likeness (QED) is 0.898. The van der Waals surface area contributed by atoms with Crippen molar-refractivity contribution < 1.29 is 0 Å². The molecule has 100 valence electrons. The second kappa shape index (κ2) is 4.99. The molecule has 2 unspecified atom stereocenters. The van der Waals surface area contributed by atoms with Gasteiger partial charge in [-0.1, -0.05) is 18.2 Å². The van der Waals surface area contributed by atoms with Gasteiger partial charge in [0, 0.05) is 23.2 Å². The highest BCUT2D eigenvalue weighted by Crippen LogP contribution is 2.38. The third-order valence-electron chi connectivity index (χ3n) is 4.01. The monoisotopic (exact) mass is 272 g/mol. The van der Waals surface area contributed by atoms with E-state index in [-0.39, 0.29) is 6.04 Å². The van der Waals surface area contributed by atoms with E-state index in [1.807, 2.05) is 11.3 Å². The maximum Gasteiger partial charge on any atom is 0.0525 e. The Bertz CT molecular complexity index is 574. The first kappa shape index (κ1) is 12.7. The van der Waals surface area contributed by atoms with Crippen molar-refractivity contribution in [1.82, 2.24) is 0 Å². The van der Waals surface area contributed by atoms with Crippen molar-refractivity contribution >= 4 is 17.0 Å². The number of nitrogens with two attached hydrogens (primary N) is 1. The zero-order valence-electron chi connectivity index (χ0n) is 11.5. The Kier molecular flexibility index (Phi) is 3.33. The number of benzene rings is 1. The highest BCUT2D eigenvalue weighted by atomic mass is 32.1. The minimum atomic E-state index is 0.0762. The Balaban J connectivity index is 2.00. The minimum absolute atomic E-state index is 0.0762. The van der Waals surface area contributed by atoms with Crippen molar-refractivity contribution in [3.05, 3.63) is 51.7 Å². The van der Waals surface area contributed by atoms with Crippen molar-refractivity contribution in [3.63, 3.8) is 0 Å². The first-order chi connectivity index (χ1) is 9.18. The molecule has 0 radical (unpaired) electrons. The van der Waals surface area contributed by atoms with Crippen molar-refractivity contribution in [2.24, 2.45) is 5.73 Å². The molecular formula is C16H20N2S. The number of thiophene rings is 1. The molecule has 0 amide bonds. The normalized spacial score (nSPS) is 20.2. The molecule has 0 saturated heterocycles. The zero-order valence-corrected chi connectivity index (χ0v) is 12.3. The first-order valence-electron chi connectivity index (χ1n) is 6.86. The number of fused-ring (bicyclic) bond motifs is 1. The zero-order chi connectivity index (χ0) is 13.4. The van der Waals surface area contributed by atoms with Crippen LogP contribution in [-0.4, -0.2) is 6.54 Å². The minimum Gasteiger partial charge on any atom is -0.364 e. The third kappa shape index (κ3) is 2.17. The molecule has 1 aliphatic heterocycles. The molecule has 0 bridgehead atoms. The maximum atomic E-state index is 6.12. The lowest BCUT2D eigenvalue weighted by Crippen LogP contribution is -2.34. The largest absolute Gasteiger partial charge is 0.364 e. The van der Waals surface area contributed by atoms with E-state index < -0.39 is 0 Å². The van der Waals surface area contributed by atoms with Gasteiger partial charge in [-0.3, -0.25) is 0 Å². The molecule has 2 nitrogen and oxygen atoms in total. The fourth-order valence-corrected chi connectivity index (χ4v) is 3.94. The summed E-state index contributed by atoms with van der Waals surface area (Å²) in [4.78, 5) is 4.04. The Hall–Kier alpha value is -1.32. The van der Waals surface area contributed by atoms with Gasteiger partial charge in [0.1, 0.15) is 0 Å². The molecule has 1 aliphatic rings. The summed E-state index contributed by atoms with van der Waals surface area (Å²) >= 11 is 1.89. The molecule has 3 heteroatoms. The molecule has 1 aromatic carbocycles. The molecule has 0 saturated carbocycles. The van der Waals surface area contributed by atoms with Crippen LogP contribution in [0.1, 0.15) is 41.9 Å². The Morgan fingerprint density at radius 3 is 2.89 bits per heavy atom. The van der Waals surface area contributed by atoms with Crippen LogP contribution in [0.15, 0.2) is 35.7 Å². The number of anilines is 1. The lowest BCUT2D eigenvalue weighted by Gasteiger charge is -2.37. The van der Waals surface area contributed by atoms with Gasteiger partial charge in [0.2, 0.25) is 0 Å². The topological polar surface area (TPSA) is 29.3 Å². The van der Waals surface area contributed by atoms with Crippen LogP contribution >= 0.6 is 11.3 Å². The van der Waals surface area contributed by atoms with Gasteiger partial charge in [-0.15, -0.1) is 11.3 Å². The van der Waals surface area contributed by atoms with Crippen LogP contribution in [-0.2, 0) is 6.42 Å². The smallest absolute Gasteiger partial charge is 0.0525 e. The molecular weight excluding hydrogens is 252 g/mol. The molecule has 0 aliphatic carbocycles. The summed E-state index contributed by atoms with van der Waals surface area (Å²) in [6.45, 7) is 5.44. The Morgan fingerprint density at radius 2 is 2.11 bits per heavy atom. The molecule has 0 spiro atoms. The predicted molar refractivity (Wildman–Crippen MR) is 82.8 cm³/mol. The van der Waals surface area contributed by atoms with Gasteiger partial charge < -0.3 is 10.6 Å². The van der Waals surface area contributed by atoms with Gasteiger partial charge in [-0.2, -0.15) is 0 Å². The summed E-state index contributed by atoms with van der Waals surface area (Å²) < 4.78 is 0. The SMILES string of the molecule is CC(N)c1ccccc1N1CCc2sccc2C1C. The lowest BCUT2D eigenvalue weighted by molar-refractivity contribution is 0.626. The summed E-state index contributed by atoms with van der Waals surface area (Å²) in [5, 5.41) is 2.21. The molecule has 1 aromatic heterocycles. The van der Waals surface area contributed by atoms with Crippen LogP contribution in [0.2, 0.25) is 0 Å². The third-order valence-corrected chi connectivity index (χ3v) is 5.01. The maximum absolute atomic E-state index is 6.12. The number of hydrogen-bond acceptors (Lipinski definition) is 3. The van der Waals surface area contributed by atoms with E-state index in [4.69, 9.17) is 5.73 Å². The second-order valence-corrected chi connectivity index (χ2v) is 6.27. The van der Waals surface area contributed by atoms with Gasteiger partial charge in [0.15, 0.2) is 0 Å². The van der Waals surface area contributed by atoms with Crippen LogP contribution in [0.25, 0.3) is 0 Å². The van der Waals surface area contributed by atoms with Crippen molar-refractivity contribution in [2.75, 3.05) is 11.4 Å². The summed E-state index contributed by atoms with van der Waals surface area (Å²) in [6.07, 6.45) is 1.14. The summed E-state index contributed by atoms with van der Waals surface area (Å²) in [5.41, 5.74) is 10.1. The summed E-state index contributed by atoms with van der Waals surface area (Å²) in [7, 11) is 0. The highest BCUT2D eigenvalue weighted by molar-refractivity contribution is 7.10. The number of nitrogens with zero attached hydrogens (tertiary/aromatic N) is 1. The van der Waals surface area contributed by atoms with Crippen molar-refractivity contribution in [2.45, 2.75) is 32.4 Å². The van der Waals surface area contributed by atoms with E-state index in [1.165, 1.54) is 16.8 Å². The highest BCUT2D eigenvalue weighted by Gasteiger charge is 2.26. The lowest BCUT2D eigenvalue weighted by atomic mass is 9.98. The second-order valence-electron chi connectivity index (χ2n) is 5.27. The molecule has 2 atom stereocenters. The molecule has 2 aromatic rings. The number of para-hydroxylation sites is 1. The van der Waals surface area contributed by atoms with E-state index in [2.05, 4.69) is 54.5 Å². The van der Waals surface area contributed by atoms with E-state index >= 15 is 0 Å². The summed E-state index contributed by atoms with van der Waals surface area (Å²) in [5.74, 6) is 0. The van der Waals surface area contributed by atoms with E-state index in [0.29, 0.717) is 6.04 Å². The number of rotatable bonds is 2. The molecule has 19 heavy (non-hydrogen) atoms. The first-order valence-corrected chi connectivity index (χ1v) is 7.74. The van der Waals surface area contributed by atoms with Gasteiger partial charge in [0.25, 0.3) is 0 Å². The van der Waals surface area contributed by atoms with E-state index in [9.17, 15) is 0 Å². The fourth-order valence-electron chi connectivity index (χ4n) is 2.97. The van der Waals surface area contributed by atoms with E-state index in [0.717, 1.165) is 13.0 Å². The van der Waals surface area contributed by atoms with Crippen LogP contribution in [0.5, 0.6) is 0 Å². The van der Waals surface area contributed by atoms with Gasteiger partial charge in [-0.05, 0) is 48.9 Å². The predicted octanol–water partition coefficient (Wildman–Crippen LogP) is 3.89. The summed E-state index contributed by atoms with van der Waals surface area (Å²) in [6, 6.07) is 11.3. The van der Waals surface area contributed by atoms with E-state index in [1.54, 1.807) is 4.88 Å². The average Bonchev–Trinajstić information content (AvgIpc) is 2.88. The van der Waals surface area contributed by atoms with Gasteiger partial charge >= 0.3 is 0 Å². The van der Waals surface area contributed by atoms with Crippen LogP contribution in [0.4, 0.5) is 5.69 Å². The van der Waals surface area contributed by atoms with Crippen LogP contribution in [0.3, 0.4) is 0 Å². The molecule has 2 N–H and O–H groups in total. The van der Waals surface area contributed by atoms with Crippen molar-refractivity contribution in [3.8, 4) is 0 Å². The number of hydrogen-bond donors (Lipinski definition) is 1. The molecule has 3 rings (SSSR count). The average molecular weight is 272 g/mol. The van der Waals surface area contributed by atoms with Crippen LogP contribution < -0.4 is 10.6 Å². The molecule has 2 heterocycles. The van der Waals surface area contributed by atoms with Crippen LogP contribution in [0, 0.1) is 0 Å². The van der Waals surface area contributed by atoms with Gasteiger partial charge in [0.05, 0.1) is 6.04 Å².